The molecule has 3 nitrogen and oxygen atoms in total. The van der Waals surface area contributed by atoms with Gasteiger partial charge in [-0.2, -0.15) is 0 Å². The van der Waals surface area contributed by atoms with Gasteiger partial charge in [-0.25, -0.2) is 0 Å². The Kier molecular flexibility index (Phi) is 3.16. The second-order valence-corrected chi connectivity index (χ2v) is 8.95. The van der Waals surface area contributed by atoms with E-state index >= 15 is 0 Å². The first-order valence-corrected chi connectivity index (χ1v) is 9.69. The van der Waals surface area contributed by atoms with Crippen LogP contribution in [-0.4, -0.2) is 41.8 Å². The van der Waals surface area contributed by atoms with E-state index in [2.05, 4.69) is 30.0 Å². The van der Waals surface area contributed by atoms with Crippen LogP contribution in [0.1, 0.15) is 50.2 Å². The van der Waals surface area contributed by atoms with Crippen LogP contribution in [0.4, 0.5) is 0 Å². The maximum absolute atomic E-state index is 12.0. The Bertz CT molecular complexity index is 670. The van der Waals surface area contributed by atoms with Crippen LogP contribution in [0.2, 0.25) is 0 Å². The van der Waals surface area contributed by atoms with Gasteiger partial charge >= 0.3 is 0 Å². The number of ether oxygens (including phenoxy) is 1. The quantitative estimate of drug-likeness (QED) is 0.926. The highest BCUT2D eigenvalue weighted by molar-refractivity contribution is 5.49. The van der Waals surface area contributed by atoms with E-state index in [0.717, 1.165) is 43.9 Å². The van der Waals surface area contributed by atoms with Crippen molar-refractivity contribution < 1.29 is 9.84 Å². The molecule has 0 aromatic heterocycles. The highest BCUT2D eigenvalue weighted by Crippen LogP contribution is 2.61. The number of hydrogen-bond donors (Lipinski definition) is 1. The zero-order valence-electron chi connectivity index (χ0n) is 14.9. The van der Waals surface area contributed by atoms with Gasteiger partial charge in [-0.05, 0) is 80.2 Å². The fourth-order valence-corrected chi connectivity index (χ4v) is 6.28. The molecule has 24 heavy (non-hydrogen) atoms. The summed E-state index contributed by atoms with van der Waals surface area (Å²) >= 11 is 0. The fourth-order valence-electron chi connectivity index (χ4n) is 6.28. The Hall–Kier alpha value is -1.06. The summed E-state index contributed by atoms with van der Waals surface area (Å²) in [6.45, 7) is 4.67. The fraction of sp³-hybridized carbons (Fsp3) is 0.714. The first-order chi connectivity index (χ1) is 11.6. The van der Waals surface area contributed by atoms with E-state index < -0.39 is 5.60 Å². The zero-order valence-corrected chi connectivity index (χ0v) is 14.9. The number of fused-ring (bicyclic) bond motifs is 1. The number of rotatable bonds is 3. The van der Waals surface area contributed by atoms with Crippen molar-refractivity contribution in [1.29, 1.82) is 0 Å². The van der Waals surface area contributed by atoms with Crippen molar-refractivity contribution >= 4 is 0 Å². The first-order valence-electron chi connectivity index (χ1n) is 9.69. The molecule has 1 aromatic carbocycles. The molecular formula is C21H29NO2. The van der Waals surface area contributed by atoms with Crippen LogP contribution in [0.5, 0.6) is 5.75 Å². The maximum Gasteiger partial charge on any atom is 0.119 e. The summed E-state index contributed by atoms with van der Waals surface area (Å²) in [5.74, 6) is 2.41. The van der Waals surface area contributed by atoms with Crippen molar-refractivity contribution in [3.63, 3.8) is 0 Å². The molecule has 1 N–H and O–H groups in total. The SMILES string of the molecule is COc1ccc2c(c1)C13CCN(CC4CC4)C(C2)C1(O)CC(C)C3. The molecule has 2 saturated carbocycles. The van der Waals surface area contributed by atoms with Crippen LogP contribution >= 0.6 is 0 Å². The molecule has 2 bridgehead atoms. The van der Waals surface area contributed by atoms with Crippen molar-refractivity contribution in [1.82, 2.24) is 4.90 Å². The van der Waals surface area contributed by atoms with Crippen LogP contribution < -0.4 is 4.74 Å². The monoisotopic (exact) mass is 327 g/mol. The predicted molar refractivity (Wildman–Crippen MR) is 94.4 cm³/mol. The number of benzene rings is 1. The van der Waals surface area contributed by atoms with Gasteiger partial charge in [0.2, 0.25) is 0 Å². The molecule has 4 unspecified atom stereocenters. The van der Waals surface area contributed by atoms with Gasteiger partial charge in [0.15, 0.2) is 0 Å². The molecule has 3 fully saturated rings. The lowest BCUT2D eigenvalue weighted by atomic mass is 9.56. The summed E-state index contributed by atoms with van der Waals surface area (Å²) < 4.78 is 5.51. The normalized spacial score (nSPS) is 41.0. The molecule has 1 aromatic rings. The van der Waals surface area contributed by atoms with Crippen molar-refractivity contribution in [3.8, 4) is 5.75 Å². The second-order valence-electron chi connectivity index (χ2n) is 8.95. The lowest BCUT2D eigenvalue weighted by molar-refractivity contribution is -0.131. The summed E-state index contributed by atoms with van der Waals surface area (Å²) in [7, 11) is 1.74. The largest absolute Gasteiger partial charge is 0.497 e. The number of likely N-dealkylation sites (tertiary alicyclic amines) is 1. The number of methoxy groups -OCH3 is 1. The van der Waals surface area contributed by atoms with Gasteiger partial charge in [0, 0.05) is 18.0 Å². The molecule has 4 atom stereocenters. The van der Waals surface area contributed by atoms with E-state index in [0.29, 0.717) is 12.0 Å². The Labute approximate surface area is 145 Å². The van der Waals surface area contributed by atoms with Gasteiger partial charge in [0.1, 0.15) is 5.75 Å². The van der Waals surface area contributed by atoms with Gasteiger partial charge in [-0.3, -0.25) is 4.90 Å². The molecule has 5 rings (SSSR count). The van der Waals surface area contributed by atoms with Gasteiger partial charge in [-0.15, -0.1) is 0 Å². The van der Waals surface area contributed by atoms with Crippen molar-refractivity contribution in [3.05, 3.63) is 29.3 Å². The maximum atomic E-state index is 12.0. The number of hydrogen-bond acceptors (Lipinski definition) is 3. The van der Waals surface area contributed by atoms with Gasteiger partial charge in [0.25, 0.3) is 0 Å². The number of aliphatic hydroxyl groups is 1. The Morgan fingerprint density at radius 2 is 2.12 bits per heavy atom. The molecule has 4 aliphatic rings. The van der Waals surface area contributed by atoms with Crippen LogP contribution in [0.25, 0.3) is 0 Å². The molecule has 1 aliphatic heterocycles. The lowest BCUT2D eigenvalue weighted by Crippen LogP contribution is -2.69. The summed E-state index contributed by atoms with van der Waals surface area (Å²) in [5, 5.41) is 12.0. The van der Waals surface area contributed by atoms with Crippen molar-refractivity contribution in [2.75, 3.05) is 20.2 Å². The van der Waals surface area contributed by atoms with Gasteiger partial charge < -0.3 is 9.84 Å². The molecule has 3 aliphatic carbocycles. The van der Waals surface area contributed by atoms with E-state index in [4.69, 9.17) is 4.74 Å². The van der Waals surface area contributed by atoms with Crippen LogP contribution in [0.3, 0.4) is 0 Å². The molecular weight excluding hydrogens is 298 g/mol. The lowest BCUT2D eigenvalue weighted by Gasteiger charge is -2.59. The zero-order chi connectivity index (χ0) is 16.5. The van der Waals surface area contributed by atoms with E-state index in [1.165, 1.54) is 30.5 Å². The van der Waals surface area contributed by atoms with Crippen LogP contribution in [0, 0.1) is 11.8 Å². The van der Waals surface area contributed by atoms with E-state index in [1.54, 1.807) is 7.11 Å². The topological polar surface area (TPSA) is 32.7 Å². The van der Waals surface area contributed by atoms with Gasteiger partial charge in [-0.1, -0.05) is 13.0 Å². The summed E-state index contributed by atoms with van der Waals surface area (Å²) in [6, 6.07) is 6.88. The summed E-state index contributed by atoms with van der Waals surface area (Å²) in [4.78, 5) is 2.64. The molecule has 1 heterocycles. The molecule has 0 amide bonds. The van der Waals surface area contributed by atoms with Crippen LogP contribution in [-0.2, 0) is 11.8 Å². The smallest absolute Gasteiger partial charge is 0.119 e. The Morgan fingerprint density at radius 3 is 2.88 bits per heavy atom. The second kappa shape index (κ2) is 4.98. The standard InChI is InChI=1S/C21H29NO2/c1-14-11-20-7-8-22(13-15-3-4-15)19(21(20,23)12-14)9-16-5-6-17(24-2)10-18(16)20/h5-6,10,14-15,19,23H,3-4,7-9,11-13H2,1-2H3. The molecule has 130 valence electrons. The average molecular weight is 327 g/mol. The minimum atomic E-state index is -0.557. The highest BCUT2D eigenvalue weighted by Gasteiger charge is 2.66. The van der Waals surface area contributed by atoms with E-state index in [-0.39, 0.29) is 5.41 Å². The Morgan fingerprint density at radius 1 is 1.29 bits per heavy atom. The molecule has 1 saturated heterocycles. The molecule has 0 radical (unpaired) electrons. The third-order valence-electron chi connectivity index (χ3n) is 7.44. The summed E-state index contributed by atoms with van der Waals surface area (Å²) in [5.41, 5.74) is 2.22. The van der Waals surface area contributed by atoms with E-state index in [9.17, 15) is 5.11 Å². The predicted octanol–water partition coefficient (Wildman–Crippen LogP) is 3.13. The number of nitrogens with zero attached hydrogens (tertiary/aromatic N) is 1. The van der Waals surface area contributed by atoms with E-state index in [1.807, 2.05) is 0 Å². The van der Waals surface area contributed by atoms with Crippen LogP contribution in [0.15, 0.2) is 18.2 Å². The van der Waals surface area contributed by atoms with Gasteiger partial charge in [0.05, 0.1) is 12.7 Å². The Balaban J connectivity index is 1.63. The summed E-state index contributed by atoms with van der Waals surface area (Å²) in [6.07, 6.45) is 6.94. The van der Waals surface area contributed by atoms with Crippen molar-refractivity contribution in [2.45, 2.75) is 62.5 Å². The molecule has 3 heteroatoms. The minimum absolute atomic E-state index is 0.0563. The third-order valence-corrected chi connectivity index (χ3v) is 7.44. The van der Waals surface area contributed by atoms with Crippen molar-refractivity contribution in [2.24, 2.45) is 11.8 Å². The average Bonchev–Trinajstić information content (AvgIpc) is 3.31. The third kappa shape index (κ3) is 1.91. The number of piperidine rings is 1. The minimum Gasteiger partial charge on any atom is -0.497 e. The highest BCUT2D eigenvalue weighted by atomic mass is 16.5. The first kappa shape index (κ1) is 15.2. The molecule has 0 spiro atoms.